The third-order valence-electron chi connectivity index (χ3n) is 13.3. The number of esters is 2. The highest BCUT2D eigenvalue weighted by molar-refractivity contribution is 5.70. The van der Waals surface area contributed by atoms with Gasteiger partial charge in [0.2, 0.25) is 0 Å². The molecule has 0 fully saturated rings. The van der Waals surface area contributed by atoms with Crippen LogP contribution in [-0.2, 0) is 33.3 Å². The number of carboxylic acids is 1. The molecule has 0 spiro atoms. The zero-order valence-corrected chi connectivity index (χ0v) is 58.2. The van der Waals surface area contributed by atoms with E-state index in [-0.39, 0.29) is 32.7 Å². The number of aliphatic carboxylic acids is 1. The Labute approximate surface area is 566 Å². The van der Waals surface area contributed by atoms with Crippen LogP contribution in [0.2, 0.25) is 0 Å². The van der Waals surface area contributed by atoms with E-state index in [4.69, 9.17) is 18.9 Å². The molecule has 0 aliphatic carbocycles. The van der Waals surface area contributed by atoms with Crippen molar-refractivity contribution in [1.29, 1.82) is 0 Å². The lowest BCUT2D eigenvalue weighted by molar-refractivity contribution is -0.870. The van der Waals surface area contributed by atoms with Gasteiger partial charge in [-0.05, 0) is 167 Å². The molecule has 0 aromatic rings. The zero-order valence-electron chi connectivity index (χ0n) is 58.2. The van der Waals surface area contributed by atoms with Gasteiger partial charge >= 0.3 is 11.9 Å². The number of nitrogens with zero attached hydrogens (tertiary/aromatic N) is 1. The molecule has 9 nitrogen and oxygen atoms in total. The average Bonchev–Trinajstić information content (AvgIpc) is 3.38. The predicted octanol–water partition coefficient (Wildman–Crippen LogP) is 20.9. The van der Waals surface area contributed by atoms with E-state index in [1.165, 1.54) is 0 Å². The fraction of sp³-hybridized carbons (Fsp3) is 0.464. The average molecular weight is 1270 g/mol. The number of quaternary nitrogens is 1. The first kappa shape index (κ1) is 85.8. The van der Waals surface area contributed by atoms with Gasteiger partial charge in [0.25, 0.3) is 0 Å². The monoisotopic (exact) mass is 1270 g/mol. The topological polar surface area (TPSA) is 111 Å². The molecule has 0 saturated carbocycles. The van der Waals surface area contributed by atoms with Crippen LogP contribution < -0.4 is 5.11 Å². The molecule has 0 N–H and O–H groups in total. The normalized spacial score (nSPS) is 14.3. The Kier molecular flexibility index (Phi) is 65.2. The molecular formula is C84H123NO8. The third-order valence-corrected chi connectivity index (χ3v) is 13.3. The van der Waals surface area contributed by atoms with Crippen molar-refractivity contribution in [2.75, 3.05) is 47.5 Å². The summed E-state index contributed by atoms with van der Waals surface area (Å²) in [7, 11) is 5.87. The van der Waals surface area contributed by atoms with Gasteiger partial charge in [0.15, 0.2) is 12.4 Å². The summed E-state index contributed by atoms with van der Waals surface area (Å²) in [6.07, 6.45) is 114. The Morgan fingerprint density at radius 3 is 0.849 bits per heavy atom. The van der Waals surface area contributed by atoms with Gasteiger partial charge in [-0.1, -0.05) is 269 Å². The van der Waals surface area contributed by atoms with Crippen molar-refractivity contribution < 1.29 is 42.9 Å². The van der Waals surface area contributed by atoms with Crippen molar-refractivity contribution >= 4 is 17.9 Å². The van der Waals surface area contributed by atoms with Gasteiger partial charge in [0.1, 0.15) is 13.2 Å². The van der Waals surface area contributed by atoms with Crippen LogP contribution in [0.1, 0.15) is 194 Å². The van der Waals surface area contributed by atoms with Gasteiger partial charge in [0, 0.05) is 12.8 Å². The number of hydrogen-bond donors (Lipinski definition) is 0. The van der Waals surface area contributed by atoms with Crippen LogP contribution in [0, 0.1) is 0 Å². The fourth-order valence-corrected chi connectivity index (χ4v) is 8.05. The molecule has 0 radical (unpaired) electrons. The van der Waals surface area contributed by atoms with Gasteiger partial charge in [0.05, 0.1) is 40.3 Å². The number of carboxylic acid groups (broad SMARTS) is 1. The van der Waals surface area contributed by atoms with Crippen molar-refractivity contribution in [3.05, 3.63) is 255 Å². The lowest BCUT2D eigenvalue weighted by atomic mass is 10.2. The van der Waals surface area contributed by atoms with Gasteiger partial charge in [-0.3, -0.25) is 9.59 Å². The maximum atomic E-state index is 12.9. The van der Waals surface area contributed by atoms with Crippen molar-refractivity contribution in [3.63, 3.8) is 0 Å². The molecule has 0 aliphatic rings. The minimum Gasteiger partial charge on any atom is -0.545 e. The highest BCUT2D eigenvalue weighted by Crippen LogP contribution is 2.10. The third kappa shape index (κ3) is 72.1. The van der Waals surface area contributed by atoms with Crippen LogP contribution in [0.25, 0.3) is 0 Å². The molecule has 0 aromatic heterocycles. The van der Waals surface area contributed by atoms with Gasteiger partial charge in [-0.2, -0.15) is 0 Å². The van der Waals surface area contributed by atoms with Crippen molar-refractivity contribution in [2.45, 2.75) is 206 Å². The van der Waals surface area contributed by atoms with Gasteiger partial charge in [-0.15, -0.1) is 0 Å². The smallest absolute Gasteiger partial charge is 0.306 e. The largest absolute Gasteiger partial charge is 0.545 e. The van der Waals surface area contributed by atoms with Crippen molar-refractivity contribution in [1.82, 2.24) is 0 Å². The molecule has 0 aliphatic heterocycles. The maximum absolute atomic E-state index is 12.9. The number of likely N-dealkylation sites (N-methyl/N-ethyl adjacent to an activating group) is 1. The Balaban J connectivity index is 4.41. The maximum Gasteiger partial charge on any atom is 0.306 e. The number of unbranched alkanes of at least 4 members (excludes halogenated alkanes) is 3. The summed E-state index contributed by atoms with van der Waals surface area (Å²) < 4.78 is 22.6. The first-order valence-electron chi connectivity index (χ1n) is 34.8. The summed E-state index contributed by atoms with van der Waals surface area (Å²) in [5.74, 6) is -2.46. The van der Waals surface area contributed by atoms with Crippen molar-refractivity contribution in [2.24, 2.45) is 0 Å². The fourth-order valence-electron chi connectivity index (χ4n) is 8.05. The number of rotatable bonds is 60. The van der Waals surface area contributed by atoms with E-state index in [1.54, 1.807) is 0 Å². The van der Waals surface area contributed by atoms with Crippen LogP contribution in [0.3, 0.4) is 0 Å². The predicted molar refractivity (Wildman–Crippen MR) is 397 cm³/mol. The van der Waals surface area contributed by atoms with Crippen LogP contribution in [-0.4, -0.2) is 82.3 Å². The molecule has 2 atom stereocenters. The second-order valence-electron chi connectivity index (χ2n) is 23.0. The Hall–Kier alpha value is -7.17. The molecule has 93 heavy (non-hydrogen) atoms. The molecule has 0 heterocycles. The van der Waals surface area contributed by atoms with Crippen LogP contribution in [0.5, 0.6) is 0 Å². The molecule has 0 amide bonds. The van der Waals surface area contributed by atoms with E-state index in [1.807, 2.05) is 21.1 Å². The standard InChI is InChI=1S/C84H123NO8/c1-6-8-10-12-14-16-18-20-22-24-26-28-30-32-34-36-37-38-39-40-41-42-43-44-45-47-49-51-53-55-57-59-61-63-65-67-69-71-73-75-82(87)93-80(79-92-84(83(88)89)90-77-76-85(3,4)5)78-91-81(86)74-72-70-68-66-64-62-60-58-56-54-52-50-48-46-35-33-31-29-27-25-23-21-19-17-15-13-11-9-7-2/h8-11,14-17,20-23,26-29,32-35,37-38,40-41,43-44,47-50,53-56,59-62,65-68,80,84H,6-7,12-13,18-19,24-25,30-31,36,39,42,45-46,51-52,57-58,63-64,69-79H2,1-5H3/b10-8-,11-9-,16-14-,17-15-,22-20-,23-21-,28-26-,29-27-,34-32-,35-33-,38-37-,41-40-,44-43-,49-47-,50-48-,55-53-,56-54-,61-59-,62-60-,67-65-,68-66-. The number of ether oxygens (including phenoxy) is 4. The molecule has 2 unspecified atom stereocenters. The van der Waals surface area contributed by atoms with Crippen LogP contribution in [0.15, 0.2) is 255 Å². The van der Waals surface area contributed by atoms with Gasteiger partial charge in [-0.25, -0.2) is 0 Å². The summed E-state index contributed by atoms with van der Waals surface area (Å²) in [4.78, 5) is 37.4. The van der Waals surface area contributed by atoms with E-state index in [9.17, 15) is 19.5 Å². The number of hydrogen-bond acceptors (Lipinski definition) is 8. The molecular weight excluding hydrogens is 1150 g/mol. The second-order valence-corrected chi connectivity index (χ2v) is 23.0. The number of carbonyl (C=O) groups excluding carboxylic acids is 3. The summed E-state index contributed by atoms with van der Waals surface area (Å²) in [6, 6.07) is 0. The molecule has 0 bridgehead atoms. The first-order valence-corrected chi connectivity index (χ1v) is 34.8. The Morgan fingerprint density at radius 2 is 0.581 bits per heavy atom. The second kappa shape index (κ2) is 70.7. The highest BCUT2D eigenvalue weighted by Gasteiger charge is 2.22. The summed E-state index contributed by atoms with van der Waals surface area (Å²) in [5, 5.41) is 11.8. The minimum absolute atomic E-state index is 0.114. The van der Waals surface area contributed by atoms with E-state index >= 15 is 0 Å². The van der Waals surface area contributed by atoms with Crippen LogP contribution in [0.4, 0.5) is 0 Å². The van der Waals surface area contributed by atoms with Crippen molar-refractivity contribution in [3.8, 4) is 0 Å². The minimum atomic E-state index is -1.67. The molecule has 0 rings (SSSR count). The van der Waals surface area contributed by atoms with E-state index < -0.39 is 30.3 Å². The quantitative estimate of drug-likeness (QED) is 0.0195. The lowest BCUT2D eigenvalue weighted by Gasteiger charge is -2.26. The zero-order chi connectivity index (χ0) is 67.5. The lowest BCUT2D eigenvalue weighted by Crippen LogP contribution is -2.44. The summed E-state index contributed by atoms with van der Waals surface area (Å²) in [6.45, 7) is 4.35. The number of carbonyl (C=O) groups is 3. The number of allylic oxidation sites excluding steroid dienone is 42. The summed E-state index contributed by atoms with van der Waals surface area (Å²) in [5.41, 5.74) is 0. The van der Waals surface area contributed by atoms with E-state index in [0.29, 0.717) is 30.3 Å². The molecule has 512 valence electrons. The van der Waals surface area contributed by atoms with Gasteiger partial charge < -0.3 is 33.3 Å². The SMILES string of the molecule is CC/C=C\C/C=C\C/C=C\C/C=C\C/C=C\C/C=C\C/C=C\C/C=C\C/C=C\C/C=C\C/C=C\C/C=C\CCCCC(=O)OC(COC(=O)CCC/C=C\C/C=C\C/C=C\C/C=C\C/C=C\C/C=C\C/C=C\C/C=C\C/C=C\CC)COC(OCC[N+](C)(C)C)C(=O)[O-]. The van der Waals surface area contributed by atoms with E-state index in [0.717, 1.165) is 148 Å². The molecule has 0 saturated heterocycles. The van der Waals surface area contributed by atoms with Crippen LogP contribution >= 0.6 is 0 Å². The highest BCUT2D eigenvalue weighted by atomic mass is 16.7. The summed E-state index contributed by atoms with van der Waals surface area (Å²) >= 11 is 0. The molecule has 9 heteroatoms. The molecule has 0 aromatic carbocycles. The Morgan fingerprint density at radius 1 is 0.323 bits per heavy atom. The van der Waals surface area contributed by atoms with E-state index in [2.05, 4.69) is 269 Å². The Bertz CT molecular complexity index is 2480. The first-order chi connectivity index (χ1) is 45.6.